The Morgan fingerprint density at radius 1 is 1.36 bits per heavy atom. The minimum Gasteiger partial charge on any atom is -0.444 e. The number of carbonyl (C=O) groups is 1. The van der Waals surface area contributed by atoms with Crippen LogP contribution in [0.2, 0.25) is 0 Å². The third-order valence-electron chi connectivity index (χ3n) is 3.69. The van der Waals surface area contributed by atoms with Gasteiger partial charge in [0.05, 0.1) is 4.47 Å². The van der Waals surface area contributed by atoms with Crippen LogP contribution >= 0.6 is 15.9 Å². The van der Waals surface area contributed by atoms with Gasteiger partial charge in [0.25, 0.3) is 5.56 Å². The molecule has 22 heavy (non-hydrogen) atoms. The van der Waals surface area contributed by atoms with Crippen molar-refractivity contribution in [3.05, 3.63) is 33.2 Å². The molecule has 1 aliphatic rings. The molecule has 0 bridgehead atoms. The van der Waals surface area contributed by atoms with Gasteiger partial charge in [-0.15, -0.1) is 0 Å². The second kappa shape index (κ2) is 6.86. The maximum Gasteiger partial charge on any atom is 0.410 e. The smallest absolute Gasteiger partial charge is 0.410 e. The van der Waals surface area contributed by atoms with Crippen molar-refractivity contribution in [2.45, 2.75) is 45.8 Å². The van der Waals surface area contributed by atoms with Crippen molar-refractivity contribution in [2.24, 2.45) is 5.92 Å². The number of amides is 1. The van der Waals surface area contributed by atoms with Crippen LogP contribution in [0.15, 0.2) is 27.6 Å². The SMILES string of the molecule is CC(C)(C)OC(=O)N1CCC(Cn2cccc(Br)c2=O)CC1. The number of likely N-dealkylation sites (tertiary alicyclic amines) is 1. The van der Waals surface area contributed by atoms with E-state index < -0.39 is 5.60 Å². The molecule has 0 saturated carbocycles. The number of pyridine rings is 1. The van der Waals surface area contributed by atoms with Gasteiger partial charge in [-0.2, -0.15) is 0 Å². The summed E-state index contributed by atoms with van der Waals surface area (Å²) in [5.41, 5.74) is -0.463. The Morgan fingerprint density at radius 3 is 2.59 bits per heavy atom. The molecule has 0 spiro atoms. The first kappa shape index (κ1) is 17.1. The summed E-state index contributed by atoms with van der Waals surface area (Å²) in [6.07, 6.45) is 3.34. The van der Waals surface area contributed by atoms with Gasteiger partial charge in [-0.05, 0) is 67.6 Å². The molecule has 1 fully saturated rings. The number of hydrogen-bond acceptors (Lipinski definition) is 3. The van der Waals surface area contributed by atoms with E-state index in [1.165, 1.54) is 0 Å². The highest BCUT2D eigenvalue weighted by Crippen LogP contribution is 2.21. The van der Waals surface area contributed by atoms with Crippen LogP contribution in [-0.2, 0) is 11.3 Å². The van der Waals surface area contributed by atoms with Crippen LogP contribution in [0.3, 0.4) is 0 Å². The molecular formula is C16H23BrN2O3. The number of ether oxygens (including phenoxy) is 1. The number of aromatic nitrogens is 1. The Hall–Kier alpha value is -1.30. The highest BCUT2D eigenvalue weighted by molar-refractivity contribution is 9.10. The quantitative estimate of drug-likeness (QED) is 0.802. The Kier molecular flexibility index (Phi) is 5.32. The maximum atomic E-state index is 12.0. The molecule has 5 nitrogen and oxygen atoms in total. The van der Waals surface area contributed by atoms with Crippen LogP contribution < -0.4 is 5.56 Å². The van der Waals surface area contributed by atoms with Gasteiger partial charge >= 0.3 is 6.09 Å². The van der Waals surface area contributed by atoms with Gasteiger partial charge in [0.2, 0.25) is 0 Å². The van der Waals surface area contributed by atoms with Gasteiger partial charge in [-0.3, -0.25) is 4.79 Å². The Morgan fingerprint density at radius 2 is 2.00 bits per heavy atom. The standard InChI is InChI=1S/C16H23BrN2O3/c1-16(2,3)22-15(21)18-9-6-12(7-10-18)11-19-8-4-5-13(17)14(19)20/h4-5,8,12H,6-7,9-11H2,1-3H3. The summed E-state index contributed by atoms with van der Waals surface area (Å²) >= 11 is 3.26. The van der Waals surface area contributed by atoms with Crippen molar-refractivity contribution in [3.8, 4) is 0 Å². The number of hydrogen-bond donors (Lipinski definition) is 0. The largest absolute Gasteiger partial charge is 0.444 e. The fraction of sp³-hybridized carbons (Fsp3) is 0.625. The van der Waals surface area contributed by atoms with Crippen molar-refractivity contribution in [1.29, 1.82) is 0 Å². The van der Waals surface area contributed by atoms with Gasteiger partial charge < -0.3 is 14.2 Å². The first-order valence-corrected chi connectivity index (χ1v) is 8.38. The molecule has 0 radical (unpaired) electrons. The fourth-order valence-corrected chi connectivity index (χ4v) is 2.93. The fourth-order valence-electron chi connectivity index (χ4n) is 2.55. The number of nitrogens with zero attached hydrogens (tertiary/aromatic N) is 2. The zero-order valence-electron chi connectivity index (χ0n) is 13.3. The predicted molar refractivity (Wildman–Crippen MR) is 88.9 cm³/mol. The van der Waals surface area contributed by atoms with Crippen LogP contribution in [0.25, 0.3) is 0 Å². The minimum atomic E-state index is -0.461. The van der Waals surface area contributed by atoms with E-state index in [9.17, 15) is 9.59 Å². The summed E-state index contributed by atoms with van der Waals surface area (Å²) in [7, 11) is 0. The lowest BCUT2D eigenvalue weighted by Gasteiger charge is -2.33. The molecular weight excluding hydrogens is 348 g/mol. The predicted octanol–water partition coefficient (Wildman–Crippen LogP) is 3.26. The van der Waals surface area contributed by atoms with E-state index in [-0.39, 0.29) is 11.7 Å². The molecule has 0 N–H and O–H groups in total. The zero-order chi connectivity index (χ0) is 16.3. The number of piperidine rings is 1. The van der Waals surface area contributed by atoms with E-state index in [2.05, 4.69) is 15.9 Å². The van der Waals surface area contributed by atoms with E-state index in [1.54, 1.807) is 15.5 Å². The average molecular weight is 371 g/mol. The van der Waals surface area contributed by atoms with Crippen molar-refractivity contribution >= 4 is 22.0 Å². The van der Waals surface area contributed by atoms with E-state index in [0.29, 0.717) is 30.0 Å². The van der Waals surface area contributed by atoms with E-state index >= 15 is 0 Å². The molecule has 0 atom stereocenters. The summed E-state index contributed by atoms with van der Waals surface area (Å²) in [4.78, 5) is 25.8. The summed E-state index contributed by atoms with van der Waals surface area (Å²) in [6, 6.07) is 3.62. The first-order valence-electron chi connectivity index (χ1n) is 7.59. The van der Waals surface area contributed by atoms with E-state index in [1.807, 2.05) is 33.0 Å². The van der Waals surface area contributed by atoms with Crippen LogP contribution in [0.4, 0.5) is 4.79 Å². The lowest BCUT2D eigenvalue weighted by Crippen LogP contribution is -2.42. The van der Waals surface area contributed by atoms with Gasteiger partial charge in [0.15, 0.2) is 0 Å². The maximum absolute atomic E-state index is 12.0. The van der Waals surface area contributed by atoms with Crippen LogP contribution in [-0.4, -0.2) is 34.3 Å². The highest BCUT2D eigenvalue weighted by Gasteiger charge is 2.27. The van der Waals surface area contributed by atoms with Crippen molar-refractivity contribution < 1.29 is 9.53 Å². The molecule has 2 heterocycles. The van der Waals surface area contributed by atoms with Crippen molar-refractivity contribution in [3.63, 3.8) is 0 Å². The van der Waals surface area contributed by atoms with Gasteiger partial charge in [-0.1, -0.05) is 0 Å². The normalized spacial score (nSPS) is 16.6. The molecule has 1 aliphatic heterocycles. The van der Waals surface area contributed by atoms with Crippen LogP contribution in [0.5, 0.6) is 0 Å². The summed E-state index contributed by atoms with van der Waals surface area (Å²) in [5, 5.41) is 0. The highest BCUT2D eigenvalue weighted by atomic mass is 79.9. The topological polar surface area (TPSA) is 51.5 Å². The summed E-state index contributed by atoms with van der Waals surface area (Å²) < 4.78 is 7.71. The molecule has 0 unspecified atom stereocenters. The number of carbonyl (C=O) groups excluding carboxylic acids is 1. The third-order valence-corrected chi connectivity index (χ3v) is 4.30. The molecule has 1 aromatic heterocycles. The Labute approximate surface area is 139 Å². The second-order valence-electron chi connectivity index (χ2n) is 6.72. The third kappa shape index (κ3) is 4.60. The van der Waals surface area contributed by atoms with Gasteiger partial charge in [-0.25, -0.2) is 4.79 Å². The average Bonchev–Trinajstić information content (AvgIpc) is 2.43. The molecule has 2 rings (SSSR count). The van der Waals surface area contributed by atoms with Gasteiger partial charge in [0, 0.05) is 25.8 Å². The zero-order valence-corrected chi connectivity index (χ0v) is 14.9. The van der Waals surface area contributed by atoms with Crippen molar-refractivity contribution in [1.82, 2.24) is 9.47 Å². The first-order chi connectivity index (χ1) is 10.3. The molecule has 0 aliphatic carbocycles. The molecule has 0 aromatic carbocycles. The lowest BCUT2D eigenvalue weighted by atomic mass is 9.97. The Balaban J connectivity index is 1.89. The summed E-state index contributed by atoms with van der Waals surface area (Å²) in [6.45, 7) is 7.68. The lowest BCUT2D eigenvalue weighted by molar-refractivity contribution is 0.0178. The molecule has 1 saturated heterocycles. The van der Waals surface area contributed by atoms with Crippen LogP contribution in [0.1, 0.15) is 33.6 Å². The van der Waals surface area contributed by atoms with E-state index in [4.69, 9.17) is 4.74 Å². The van der Waals surface area contributed by atoms with Crippen LogP contribution in [0, 0.1) is 5.92 Å². The molecule has 1 aromatic rings. The molecule has 122 valence electrons. The second-order valence-corrected chi connectivity index (χ2v) is 7.58. The van der Waals surface area contributed by atoms with Gasteiger partial charge in [0.1, 0.15) is 5.60 Å². The van der Waals surface area contributed by atoms with Crippen molar-refractivity contribution in [2.75, 3.05) is 13.1 Å². The molecule has 6 heteroatoms. The number of halogens is 1. The monoisotopic (exact) mass is 370 g/mol. The minimum absolute atomic E-state index is 0.00271. The molecule has 1 amide bonds. The summed E-state index contributed by atoms with van der Waals surface area (Å²) in [5.74, 6) is 0.408. The Bertz CT molecular complexity index is 584. The number of rotatable bonds is 2. The van der Waals surface area contributed by atoms with E-state index in [0.717, 1.165) is 12.8 Å².